The highest BCUT2D eigenvalue weighted by Crippen LogP contribution is 2.26. The van der Waals surface area contributed by atoms with Crippen LogP contribution in [-0.2, 0) is 10.1 Å². The Hall–Kier alpha value is -0.610. The third-order valence-corrected chi connectivity index (χ3v) is 3.76. The van der Waals surface area contributed by atoms with Crippen molar-refractivity contribution < 1.29 is 13.0 Å². The topological polar surface area (TPSA) is 54.4 Å². The lowest BCUT2D eigenvalue weighted by Crippen LogP contribution is -2.06. The molecular weight excluding hydrogens is 200 g/mol. The Kier molecular flexibility index (Phi) is 3.50. The number of hydrogen-bond donors (Lipinski definition) is 1. The van der Waals surface area contributed by atoms with E-state index in [0.717, 1.165) is 24.8 Å². The molecule has 1 aliphatic rings. The second kappa shape index (κ2) is 4.28. The van der Waals surface area contributed by atoms with Crippen LogP contribution >= 0.6 is 0 Å². The molecule has 3 nitrogen and oxygen atoms in total. The Bertz CT molecular complexity index is 374. The van der Waals surface area contributed by atoms with Gasteiger partial charge in [-0.2, -0.15) is 8.42 Å². The van der Waals surface area contributed by atoms with Crippen molar-refractivity contribution in [1.29, 1.82) is 0 Å². The van der Waals surface area contributed by atoms with Gasteiger partial charge in [0.2, 0.25) is 0 Å². The number of allylic oxidation sites excluding steroid dienone is 4. The van der Waals surface area contributed by atoms with Gasteiger partial charge in [-0.25, -0.2) is 0 Å². The summed E-state index contributed by atoms with van der Waals surface area (Å²) in [6, 6.07) is 0. The lowest BCUT2D eigenvalue weighted by molar-refractivity contribution is 0.487. The fraction of sp³-hybridized carbons (Fsp3) is 0.600. The minimum absolute atomic E-state index is 0.186. The van der Waals surface area contributed by atoms with Gasteiger partial charge in [0.15, 0.2) is 0 Å². The first-order valence-electron chi connectivity index (χ1n) is 4.77. The quantitative estimate of drug-likeness (QED) is 0.685. The van der Waals surface area contributed by atoms with Gasteiger partial charge in [0.25, 0.3) is 10.1 Å². The van der Waals surface area contributed by atoms with E-state index in [1.807, 2.05) is 13.0 Å². The maximum Gasteiger partial charge on any atom is 0.290 e. The summed E-state index contributed by atoms with van der Waals surface area (Å²) in [6.07, 6.45) is 5.26. The van der Waals surface area contributed by atoms with E-state index >= 15 is 0 Å². The van der Waals surface area contributed by atoms with Crippen molar-refractivity contribution in [3.05, 3.63) is 22.1 Å². The molecule has 0 aromatic rings. The number of rotatable bonds is 1. The molecule has 0 aromatic carbocycles. The van der Waals surface area contributed by atoms with E-state index in [4.69, 9.17) is 4.55 Å². The molecule has 4 heteroatoms. The summed E-state index contributed by atoms with van der Waals surface area (Å²) >= 11 is 0. The van der Waals surface area contributed by atoms with E-state index in [9.17, 15) is 8.42 Å². The maximum absolute atomic E-state index is 11.1. The van der Waals surface area contributed by atoms with Gasteiger partial charge in [-0.1, -0.05) is 11.6 Å². The monoisotopic (exact) mass is 216 g/mol. The first-order valence-corrected chi connectivity index (χ1v) is 6.21. The average molecular weight is 216 g/mol. The predicted molar refractivity (Wildman–Crippen MR) is 56.5 cm³/mol. The zero-order valence-corrected chi connectivity index (χ0v) is 9.39. The van der Waals surface area contributed by atoms with Gasteiger partial charge in [-0.3, -0.25) is 4.55 Å². The highest BCUT2D eigenvalue weighted by Gasteiger charge is 2.18. The fourth-order valence-electron chi connectivity index (χ4n) is 1.63. The summed E-state index contributed by atoms with van der Waals surface area (Å²) in [4.78, 5) is 0.186. The molecule has 0 spiro atoms. The molecule has 0 aliphatic heterocycles. The molecule has 14 heavy (non-hydrogen) atoms. The molecule has 0 aromatic heterocycles. The van der Waals surface area contributed by atoms with E-state index in [1.54, 1.807) is 6.92 Å². The first-order chi connectivity index (χ1) is 6.43. The third kappa shape index (κ3) is 2.69. The third-order valence-electron chi connectivity index (χ3n) is 2.63. The van der Waals surface area contributed by atoms with Gasteiger partial charge in [0.05, 0.1) is 4.91 Å². The van der Waals surface area contributed by atoms with Gasteiger partial charge in [-0.15, -0.1) is 0 Å². The van der Waals surface area contributed by atoms with Crippen molar-refractivity contribution in [3.8, 4) is 0 Å². The van der Waals surface area contributed by atoms with Gasteiger partial charge < -0.3 is 0 Å². The smallest absolute Gasteiger partial charge is 0.282 e. The Labute approximate surface area is 85.3 Å². The van der Waals surface area contributed by atoms with Crippen LogP contribution in [0.2, 0.25) is 0 Å². The average Bonchev–Trinajstić information content (AvgIpc) is 2.04. The van der Waals surface area contributed by atoms with Crippen LogP contribution in [0.25, 0.3) is 0 Å². The van der Waals surface area contributed by atoms with Crippen LogP contribution in [0.1, 0.15) is 39.5 Å². The molecule has 0 saturated heterocycles. The largest absolute Gasteiger partial charge is 0.290 e. The molecule has 0 atom stereocenters. The van der Waals surface area contributed by atoms with Crippen LogP contribution in [0.5, 0.6) is 0 Å². The van der Waals surface area contributed by atoms with Crippen molar-refractivity contribution >= 4 is 10.1 Å². The van der Waals surface area contributed by atoms with Crippen LogP contribution in [0.15, 0.2) is 22.1 Å². The molecule has 80 valence electrons. The van der Waals surface area contributed by atoms with E-state index in [1.165, 1.54) is 0 Å². The lowest BCUT2D eigenvalue weighted by Gasteiger charge is -2.13. The van der Waals surface area contributed by atoms with E-state index in [-0.39, 0.29) is 4.91 Å². The molecule has 0 heterocycles. The van der Waals surface area contributed by atoms with Crippen LogP contribution in [-0.4, -0.2) is 13.0 Å². The highest BCUT2D eigenvalue weighted by atomic mass is 32.2. The normalized spacial score (nSPS) is 28.9. The fourth-order valence-corrected chi connectivity index (χ4v) is 2.58. The van der Waals surface area contributed by atoms with Crippen LogP contribution in [0, 0.1) is 0 Å². The molecule has 0 bridgehead atoms. The zero-order valence-electron chi connectivity index (χ0n) is 8.58. The lowest BCUT2D eigenvalue weighted by atomic mass is 10.0. The highest BCUT2D eigenvalue weighted by molar-refractivity contribution is 7.89. The van der Waals surface area contributed by atoms with E-state index in [0.29, 0.717) is 12.0 Å². The second-order valence-corrected chi connectivity index (χ2v) is 5.10. The SMILES string of the molecule is CC1=C/CCCC/C(S(=O)(=O)O)=C\1C. The Morgan fingerprint density at radius 1 is 1.29 bits per heavy atom. The summed E-state index contributed by atoms with van der Waals surface area (Å²) in [7, 11) is -4.01. The molecular formula is C10H16O3S. The summed E-state index contributed by atoms with van der Waals surface area (Å²) < 4.78 is 31.2. The molecule has 1 rings (SSSR count). The van der Waals surface area contributed by atoms with Crippen LogP contribution in [0.3, 0.4) is 0 Å². The van der Waals surface area contributed by atoms with Crippen molar-refractivity contribution in [2.45, 2.75) is 39.5 Å². The molecule has 0 fully saturated rings. The molecule has 0 amide bonds. The van der Waals surface area contributed by atoms with E-state index in [2.05, 4.69) is 0 Å². The van der Waals surface area contributed by atoms with Gasteiger partial charge in [0.1, 0.15) is 0 Å². The molecule has 0 saturated carbocycles. The zero-order chi connectivity index (χ0) is 10.8. The van der Waals surface area contributed by atoms with E-state index < -0.39 is 10.1 Å². The van der Waals surface area contributed by atoms with Crippen LogP contribution < -0.4 is 0 Å². The van der Waals surface area contributed by atoms with Crippen LogP contribution in [0.4, 0.5) is 0 Å². The summed E-state index contributed by atoms with van der Waals surface area (Å²) in [5, 5.41) is 0. The second-order valence-electron chi connectivity index (χ2n) is 3.66. The van der Waals surface area contributed by atoms with Gasteiger partial charge >= 0.3 is 0 Å². The number of hydrogen-bond acceptors (Lipinski definition) is 2. The Morgan fingerprint density at radius 2 is 1.93 bits per heavy atom. The standard InChI is InChI=1S/C10H16O3S/c1-8-6-4-3-5-7-10(9(8)2)14(11,12)13/h6H,3-5,7H2,1-2H3,(H,11,12,13)/b8-6-,10-9+. The van der Waals surface area contributed by atoms with Gasteiger partial charge in [0, 0.05) is 0 Å². The first kappa shape index (κ1) is 11.5. The molecule has 0 unspecified atom stereocenters. The van der Waals surface area contributed by atoms with Crippen molar-refractivity contribution in [3.63, 3.8) is 0 Å². The minimum Gasteiger partial charge on any atom is -0.282 e. The minimum atomic E-state index is -4.01. The molecule has 1 aliphatic carbocycles. The summed E-state index contributed by atoms with van der Waals surface area (Å²) in [6.45, 7) is 3.63. The van der Waals surface area contributed by atoms with Crippen molar-refractivity contribution in [1.82, 2.24) is 0 Å². The Balaban J connectivity index is 3.20. The maximum atomic E-state index is 11.1. The van der Waals surface area contributed by atoms with Gasteiger partial charge in [-0.05, 0) is 45.1 Å². The Morgan fingerprint density at radius 3 is 2.50 bits per heavy atom. The predicted octanol–water partition coefficient (Wildman–Crippen LogP) is 2.67. The summed E-state index contributed by atoms with van der Waals surface area (Å²) in [5.74, 6) is 0. The summed E-state index contributed by atoms with van der Waals surface area (Å²) in [5.41, 5.74) is 1.66. The molecule has 1 N–H and O–H groups in total. The van der Waals surface area contributed by atoms with Crippen molar-refractivity contribution in [2.75, 3.05) is 0 Å². The molecule has 0 radical (unpaired) electrons. The van der Waals surface area contributed by atoms with Crippen molar-refractivity contribution in [2.24, 2.45) is 0 Å².